The smallest absolute Gasteiger partial charge is 0.229 e. The molecule has 0 saturated carbocycles. The van der Waals surface area contributed by atoms with E-state index in [1.165, 1.54) is 0 Å². The third kappa shape index (κ3) is 4.57. The first-order valence-corrected chi connectivity index (χ1v) is 13.7. The molecule has 1 fully saturated rings. The van der Waals surface area contributed by atoms with Crippen LogP contribution in [-0.2, 0) is 10.0 Å². The minimum Gasteiger partial charge on any atom is -0.351 e. The molecule has 1 aliphatic heterocycles. The molecule has 2 atom stereocenters. The van der Waals surface area contributed by atoms with Crippen LogP contribution in [0.1, 0.15) is 34.7 Å². The number of benzene rings is 1. The number of aromatic nitrogens is 3. The summed E-state index contributed by atoms with van der Waals surface area (Å²) in [5, 5.41) is 4.05. The molecular formula is C26H26N6O2S2. The molecule has 4 aromatic rings. The van der Waals surface area contributed by atoms with E-state index in [4.69, 9.17) is 12.2 Å². The van der Waals surface area contributed by atoms with Crippen molar-refractivity contribution in [3.63, 3.8) is 0 Å². The van der Waals surface area contributed by atoms with Crippen LogP contribution in [0.2, 0.25) is 0 Å². The van der Waals surface area contributed by atoms with E-state index in [-0.39, 0.29) is 12.1 Å². The fraction of sp³-hybridized carbons (Fsp3) is 0.192. The maximum atomic E-state index is 11.7. The highest BCUT2D eigenvalue weighted by molar-refractivity contribution is 7.92. The molecule has 0 amide bonds. The molecule has 0 bridgehead atoms. The lowest BCUT2D eigenvalue weighted by Crippen LogP contribution is -2.29. The van der Waals surface area contributed by atoms with Crippen molar-refractivity contribution in [2.75, 3.05) is 15.9 Å². The first-order valence-electron chi connectivity index (χ1n) is 11.4. The van der Waals surface area contributed by atoms with Gasteiger partial charge in [0.1, 0.15) is 5.82 Å². The normalized spacial score (nSPS) is 17.8. The van der Waals surface area contributed by atoms with Gasteiger partial charge in [0, 0.05) is 35.2 Å². The first kappa shape index (κ1) is 24.0. The summed E-state index contributed by atoms with van der Waals surface area (Å²) in [6, 6.07) is 20.7. The Balaban J connectivity index is 1.62. The highest BCUT2D eigenvalue weighted by atomic mass is 32.2. The van der Waals surface area contributed by atoms with Crippen molar-refractivity contribution in [3.05, 3.63) is 102 Å². The predicted molar refractivity (Wildman–Crippen MR) is 146 cm³/mol. The molecule has 184 valence electrons. The number of pyridine rings is 2. The summed E-state index contributed by atoms with van der Waals surface area (Å²) >= 11 is 5.83. The van der Waals surface area contributed by atoms with Crippen molar-refractivity contribution in [2.24, 2.45) is 0 Å². The minimum atomic E-state index is -3.37. The van der Waals surface area contributed by atoms with Gasteiger partial charge < -0.3 is 14.8 Å². The highest BCUT2D eigenvalue weighted by Crippen LogP contribution is 2.43. The zero-order chi connectivity index (χ0) is 25.4. The van der Waals surface area contributed by atoms with Crippen LogP contribution in [0.15, 0.2) is 79.1 Å². The van der Waals surface area contributed by atoms with E-state index in [0.29, 0.717) is 10.8 Å². The molecule has 3 aromatic heterocycles. The molecule has 0 radical (unpaired) electrons. The topological polar surface area (TPSA) is 92.2 Å². The van der Waals surface area contributed by atoms with Crippen LogP contribution in [0.4, 0.5) is 11.4 Å². The molecule has 1 aromatic carbocycles. The zero-order valence-corrected chi connectivity index (χ0v) is 21.7. The summed E-state index contributed by atoms with van der Waals surface area (Å²) in [4.78, 5) is 11.3. The zero-order valence-electron chi connectivity index (χ0n) is 20.1. The Morgan fingerprint density at radius 2 is 1.67 bits per heavy atom. The molecule has 1 saturated heterocycles. The molecule has 10 heteroatoms. The van der Waals surface area contributed by atoms with E-state index < -0.39 is 10.0 Å². The molecule has 0 spiro atoms. The molecule has 2 N–H and O–H groups in total. The number of thiocarbonyl (C=S) groups is 1. The van der Waals surface area contributed by atoms with Gasteiger partial charge in [-0.3, -0.25) is 9.71 Å². The van der Waals surface area contributed by atoms with Gasteiger partial charge in [-0.15, -0.1) is 0 Å². The molecule has 4 heterocycles. The van der Waals surface area contributed by atoms with Crippen molar-refractivity contribution >= 4 is 38.7 Å². The predicted octanol–water partition coefficient (Wildman–Crippen LogP) is 4.43. The second kappa shape index (κ2) is 9.36. The van der Waals surface area contributed by atoms with E-state index in [9.17, 15) is 8.42 Å². The highest BCUT2D eigenvalue weighted by Gasteiger charge is 2.42. The van der Waals surface area contributed by atoms with Crippen molar-refractivity contribution in [1.29, 1.82) is 0 Å². The number of sulfonamides is 1. The Kier molecular flexibility index (Phi) is 6.23. The third-order valence-corrected chi connectivity index (χ3v) is 7.14. The van der Waals surface area contributed by atoms with Crippen molar-refractivity contribution in [1.82, 2.24) is 19.9 Å². The molecule has 0 unspecified atom stereocenters. The number of anilines is 2. The van der Waals surface area contributed by atoms with Crippen molar-refractivity contribution < 1.29 is 8.42 Å². The van der Waals surface area contributed by atoms with Crippen LogP contribution in [0.3, 0.4) is 0 Å². The summed E-state index contributed by atoms with van der Waals surface area (Å²) in [5.41, 5.74) is 5.43. The number of hydrogen-bond acceptors (Lipinski definition) is 5. The Morgan fingerprint density at radius 1 is 0.972 bits per heavy atom. The standard InChI is InChI=1S/C26H26N6O2S2/c1-17-16-21(18(2)31(17)23-9-5-7-15-28-23)25-24(22-8-4-6-14-27-22)29-26(35)32(25)20-12-10-19(11-13-20)30-36(3,33)34/h4-16,24-25,30H,1-3H3,(H,29,35)/t24-,25-/m1/s1. The van der Waals surface area contributed by atoms with Crippen LogP contribution >= 0.6 is 12.2 Å². The van der Waals surface area contributed by atoms with Gasteiger partial charge in [0.2, 0.25) is 10.0 Å². The number of hydrogen-bond donors (Lipinski definition) is 2. The lowest BCUT2D eigenvalue weighted by molar-refractivity contribution is 0.565. The van der Waals surface area contributed by atoms with Gasteiger partial charge in [0.05, 0.1) is 24.0 Å². The van der Waals surface area contributed by atoms with E-state index >= 15 is 0 Å². The number of aryl methyl sites for hydroxylation is 1. The van der Waals surface area contributed by atoms with Gasteiger partial charge in [-0.2, -0.15) is 0 Å². The summed E-state index contributed by atoms with van der Waals surface area (Å²) < 4.78 is 28.0. The second-order valence-corrected chi connectivity index (χ2v) is 10.9. The molecule has 1 aliphatic rings. The number of nitrogens with one attached hydrogen (secondary N) is 2. The minimum absolute atomic E-state index is 0.190. The lowest BCUT2D eigenvalue weighted by Gasteiger charge is -2.28. The summed E-state index contributed by atoms with van der Waals surface area (Å²) in [6.07, 6.45) is 4.70. The van der Waals surface area contributed by atoms with Gasteiger partial charge >= 0.3 is 0 Å². The second-order valence-electron chi connectivity index (χ2n) is 8.77. The van der Waals surface area contributed by atoms with E-state index in [2.05, 4.69) is 49.4 Å². The van der Waals surface area contributed by atoms with E-state index in [0.717, 1.165) is 40.4 Å². The van der Waals surface area contributed by atoms with Crippen molar-refractivity contribution in [3.8, 4) is 5.82 Å². The molecule has 36 heavy (non-hydrogen) atoms. The molecule has 5 rings (SSSR count). The van der Waals surface area contributed by atoms with Crippen LogP contribution in [0.25, 0.3) is 5.82 Å². The molecular weight excluding hydrogens is 492 g/mol. The van der Waals surface area contributed by atoms with Crippen LogP contribution < -0.4 is 14.9 Å². The van der Waals surface area contributed by atoms with Crippen LogP contribution in [0.5, 0.6) is 0 Å². The lowest BCUT2D eigenvalue weighted by atomic mass is 9.96. The quantitative estimate of drug-likeness (QED) is 0.365. The Hall–Kier alpha value is -3.76. The largest absolute Gasteiger partial charge is 0.351 e. The van der Waals surface area contributed by atoms with Gasteiger partial charge in [-0.1, -0.05) is 12.1 Å². The van der Waals surface area contributed by atoms with Gasteiger partial charge in [-0.25, -0.2) is 13.4 Å². The van der Waals surface area contributed by atoms with Gasteiger partial charge in [0.15, 0.2) is 5.11 Å². The average Bonchev–Trinajstić information content (AvgIpc) is 3.35. The maximum Gasteiger partial charge on any atom is 0.229 e. The summed E-state index contributed by atoms with van der Waals surface area (Å²) in [7, 11) is -3.37. The Bertz CT molecular complexity index is 1500. The molecule has 0 aliphatic carbocycles. The monoisotopic (exact) mass is 518 g/mol. The molecule has 8 nitrogen and oxygen atoms in total. The Labute approximate surface area is 216 Å². The SMILES string of the molecule is Cc1cc([C@@H]2[C@@H](c3ccccn3)NC(=S)N2c2ccc(NS(C)(=O)=O)cc2)c(C)n1-c1ccccn1. The fourth-order valence-electron chi connectivity index (χ4n) is 4.78. The van der Waals surface area contributed by atoms with Crippen LogP contribution in [-0.4, -0.2) is 34.3 Å². The average molecular weight is 519 g/mol. The maximum absolute atomic E-state index is 11.7. The summed E-state index contributed by atoms with van der Waals surface area (Å²) in [6.45, 7) is 4.16. The first-order chi connectivity index (χ1) is 17.2. The number of nitrogens with zero attached hydrogens (tertiary/aromatic N) is 4. The summed E-state index contributed by atoms with van der Waals surface area (Å²) in [5.74, 6) is 0.851. The van der Waals surface area contributed by atoms with E-state index in [1.807, 2.05) is 48.5 Å². The number of rotatable bonds is 6. The van der Waals surface area contributed by atoms with Crippen LogP contribution in [0, 0.1) is 13.8 Å². The third-order valence-electron chi connectivity index (χ3n) is 6.21. The van der Waals surface area contributed by atoms with Gasteiger partial charge in [-0.05, 0) is 86.2 Å². The van der Waals surface area contributed by atoms with E-state index in [1.54, 1.807) is 24.5 Å². The fourth-order valence-corrected chi connectivity index (χ4v) is 5.69. The van der Waals surface area contributed by atoms with Crippen molar-refractivity contribution in [2.45, 2.75) is 25.9 Å². The van der Waals surface area contributed by atoms with Gasteiger partial charge in [0.25, 0.3) is 0 Å². The Morgan fingerprint density at radius 3 is 2.28 bits per heavy atom.